The Labute approximate surface area is 172 Å². The van der Waals surface area contributed by atoms with Crippen molar-refractivity contribution >= 4 is 34.4 Å². The van der Waals surface area contributed by atoms with Crippen LogP contribution in [0.15, 0.2) is 24.7 Å². The molecule has 3 aromatic rings. The Balaban J connectivity index is 1.55. The van der Waals surface area contributed by atoms with E-state index in [9.17, 15) is 9.18 Å². The first-order valence-electron chi connectivity index (χ1n) is 9.75. The Morgan fingerprint density at radius 2 is 2.14 bits per heavy atom. The second-order valence-electron chi connectivity index (χ2n) is 7.27. The molecule has 3 N–H and O–H groups in total. The molecule has 0 radical (unpaired) electrons. The van der Waals surface area contributed by atoms with Gasteiger partial charge in [0.15, 0.2) is 17.5 Å². The van der Waals surface area contributed by atoms with Gasteiger partial charge in [-0.2, -0.15) is 0 Å². The summed E-state index contributed by atoms with van der Waals surface area (Å²) in [6.07, 6.45) is 8.44. The average molecular weight is 417 g/mol. The second kappa shape index (κ2) is 8.32. The number of hydrogen-bond acceptors (Lipinski definition) is 5. The Kier molecular flexibility index (Phi) is 5.62. The summed E-state index contributed by atoms with van der Waals surface area (Å²) in [5.41, 5.74) is 1.36. The van der Waals surface area contributed by atoms with Gasteiger partial charge in [0.2, 0.25) is 5.91 Å². The Bertz CT molecular complexity index is 1040. The summed E-state index contributed by atoms with van der Waals surface area (Å²) < 4.78 is 14.4. The minimum absolute atomic E-state index is 0.0298. The van der Waals surface area contributed by atoms with Gasteiger partial charge in [0.25, 0.3) is 0 Å². The van der Waals surface area contributed by atoms with Crippen molar-refractivity contribution in [2.75, 3.05) is 5.32 Å². The maximum Gasteiger partial charge on any atom is 0.219 e. The van der Waals surface area contributed by atoms with Gasteiger partial charge < -0.3 is 15.6 Å². The van der Waals surface area contributed by atoms with Gasteiger partial charge in [0.1, 0.15) is 5.65 Å². The van der Waals surface area contributed by atoms with Crippen molar-refractivity contribution < 1.29 is 9.18 Å². The third-order valence-corrected chi connectivity index (χ3v) is 5.39. The topological polar surface area (TPSA) is 95.6 Å². The summed E-state index contributed by atoms with van der Waals surface area (Å²) >= 11 is 6.06. The van der Waals surface area contributed by atoms with E-state index >= 15 is 0 Å². The number of H-pyrrole nitrogens is 1. The zero-order valence-electron chi connectivity index (χ0n) is 16.0. The number of nitrogens with zero attached hydrogens (tertiary/aromatic N) is 3. The highest BCUT2D eigenvalue weighted by atomic mass is 35.5. The SMILES string of the molecule is CCC(=O)N[C@@H]1CCC[C@H](Nc2nc(-c3c[nH]c4ncc(Cl)cc34)ncc2F)C1. The quantitative estimate of drug-likeness (QED) is 0.582. The first-order chi connectivity index (χ1) is 14.0. The van der Waals surface area contributed by atoms with E-state index in [1.807, 2.05) is 6.92 Å². The van der Waals surface area contributed by atoms with Gasteiger partial charge in [0, 0.05) is 41.8 Å². The molecular formula is C20H22ClFN6O. The number of fused-ring (bicyclic) bond motifs is 1. The molecule has 29 heavy (non-hydrogen) atoms. The van der Waals surface area contributed by atoms with Crippen LogP contribution in [0.1, 0.15) is 39.0 Å². The Morgan fingerprint density at radius 3 is 2.97 bits per heavy atom. The van der Waals surface area contributed by atoms with Crippen LogP contribution in [0.25, 0.3) is 22.4 Å². The molecule has 3 heterocycles. The van der Waals surface area contributed by atoms with Crippen molar-refractivity contribution in [1.82, 2.24) is 25.3 Å². The highest BCUT2D eigenvalue weighted by Gasteiger charge is 2.24. The number of nitrogens with one attached hydrogen (secondary N) is 3. The molecule has 0 saturated heterocycles. The van der Waals surface area contributed by atoms with Crippen molar-refractivity contribution in [2.24, 2.45) is 0 Å². The molecule has 1 amide bonds. The van der Waals surface area contributed by atoms with Crippen LogP contribution < -0.4 is 10.6 Å². The van der Waals surface area contributed by atoms with E-state index in [0.717, 1.165) is 31.1 Å². The number of anilines is 1. The van der Waals surface area contributed by atoms with Crippen LogP contribution >= 0.6 is 11.6 Å². The van der Waals surface area contributed by atoms with Crippen LogP contribution in [0, 0.1) is 5.82 Å². The van der Waals surface area contributed by atoms with Crippen LogP contribution in [0.2, 0.25) is 5.02 Å². The number of pyridine rings is 1. The summed E-state index contributed by atoms with van der Waals surface area (Å²) in [5, 5.41) is 7.51. The number of carbonyl (C=O) groups excluding carboxylic acids is 1. The van der Waals surface area contributed by atoms with Gasteiger partial charge in [-0.1, -0.05) is 18.5 Å². The van der Waals surface area contributed by atoms with E-state index in [2.05, 4.69) is 30.6 Å². The molecular weight excluding hydrogens is 395 g/mol. The minimum Gasteiger partial charge on any atom is -0.365 e. The van der Waals surface area contributed by atoms with Gasteiger partial charge in [0.05, 0.1) is 11.2 Å². The molecule has 0 bridgehead atoms. The summed E-state index contributed by atoms with van der Waals surface area (Å²) in [6, 6.07) is 1.90. The number of carbonyl (C=O) groups is 1. The summed E-state index contributed by atoms with van der Waals surface area (Å²) in [4.78, 5) is 27.5. The largest absolute Gasteiger partial charge is 0.365 e. The molecule has 7 nitrogen and oxygen atoms in total. The number of rotatable bonds is 5. The van der Waals surface area contributed by atoms with E-state index in [1.54, 1.807) is 18.5 Å². The predicted octanol–water partition coefficient (Wildman–Crippen LogP) is 4.06. The third-order valence-electron chi connectivity index (χ3n) is 5.18. The highest BCUT2D eigenvalue weighted by Crippen LogP contribution is 2.29. The first-order valence-corrected chi connectivity index (χ1v) is 10.1. The average Bonchev–Trinajstić information content (AvgIpc) is 3.13. The molecule has 0 unspecified atom stereocenters. The lowest BCUT2D eigenvalue weighted by atomic mass is 9.91. The molecule has 0 aliphatic heterocycles. The molecule has 0 spiro atoms. The normalized spacial score (nSPS) is 19.3. The Morgan fingerprint density at radius 1 is 1.31 bits per heavy atom. The fraction of sp³-hybridized carbons (Fsp3) is 0.400. The highest BCUT2D eigenvalue weighted by molar-refractivity contribution is 6.31. The van der Waals surface area contributed by atoms with Crippen molar-refractivity contribution in [3.63, 3.8) is 0 Å². The number of aromatic nitrogens is 4. The molecule has 3 aromatic heterocycles. The zero-order valence-corrected chi connectivity index (χ0v) is 16.8. The van der Waals surface area contributed by atoms with E-state index in [-0.39, 0.29) is 23.8 Å². The van der Waals surface area contributed by atoms with Crippen molar-refractivity contribution in [2.45, 2.75) is 51.1 Å². The monoisotopic (exact) mass is 416 g/mol. The molecule has 1 saturated carbocycles. The van der Waals surface area contributed by atoms with Gasteiger partial charge in [-0.25, -0.2) is 19.3 Å². The van der Waals surface area contributed by atoms with E-state index < -0.39 is 5.82 Å². The van der Waals surface area contributed by atoms with E-state index in [1.165, 1.54) is 6.20 Å². The van der Waals surface area contributed by atoms with Crippen LogP contribution in [-0.2, 0) is 4.79 Å². The fourth-order valence-electron chi connectivity index (χ4n) is 3.74. The van der Waals surface area contributed by atoms with Crippen LogP contribution in [-0.4, -0.2) is 37.9 Å². The number of halogens is 2. The van der Waals surface area contributed by atoms with Crippen molar-refractivity contribution in [3.05, 3.63) is 35.5 Å². The van der Waals surface area contributed by atoms with Crippen molar-refractivity contribution in [1.29, 1.82) is 0 Å². The number of amides is 1. The molecule has 0 aromatic carbocycles. The van der Waals surface area contributed by atoms with Crippen LogP contribution in [0.3, 0.4) is 0 Å². The fourth-order valence-corrected chi connectivity index (χ4v) is 3.89. The van der Waals surface area contributed by atoms with E-state index in [0.29, 0.717) is 28.5 Å². The van der Waals surface area contributed by atoms with E-state index in [4.69, 9.17) is 11.6 Å². The second-order valence-corrected chi connectivity index (χ2v) is 7.70. The van der Waals surface area contributed by atoms with Crippen LogP contribution in [0.5, 0.6) is 0 Å². The standard InChI is InChI=1S/C20H22ClFN6O/c1-2-17(29)26-12-4-3-5-13(7-12)27-20-16(22)10-25-19(28-20)15-9-24-18-14(15)6-11(21)8-23-18/h6,8-10,12-13H,2-5,7H2,1H3,(H,23,24)(H,26,29)(H,25,27,28)/t12-,13+/m1/s1. The minimum atomic E-state index is -0.510. The van der Waals surface area contributed by atoms with Gasteiger partial charge in [-0.15, -0.1) is 0 Å². The zero-order chi connectivity index (χ0) is 20.4. The number of aromatic amines is 1. The molecule has 2 atom stereocenters. The molecule has 1 aliphatic carbocycles. The maximum absolute atomic E-state index is 14.4. The molecule has 4 rings (SSSR count). The van der Waals surface area contributed by atoms with Gasteiger partial charge in [-0.05, 0) is 31.7 Å². The lowest BCUT2D eigenvalue weighted by molar-refractivity contribution is -0.121. The Hall–Kier alpha value is -2.74. The first kappa shape index (κ1) is 19.6. The molecule has 9 heteroatoms. The number of hydrogen-bond donors (Lipinski definition) is 3. The summed E-state index contributed by atoms with van der Waals surface area (Å²) in [7, 11) is 0. The van der Waals surface area contributed by atoms with Gasteiger partial charge >= 0.3 is 0 Å². The predicted molar refractivity (Wildman–Crippen MR) is 110 cm³/mol. The molecule has 1 aliphatic rings. The molecule has 1 fully saturated rings. The maximum atomic E-state index is 14.4. The third kappa shape index (κ3) is 4.32. The van der Waals surface area contributed by atoms with Crippen LogP contribution in [0.4, 0.5) is 10.2 Å². The molecule has 152 valence electrons. The summed E-state index contributed by atoms with van der Waals surface area (Å²) in [6.45, 7) is 1.83. The lowest BCUT2D eigenvalue weighted by Crippen LogP contribution is -2.41. The smallest absolute Gasteiger partial charge is 0.219 e. The summed E-state index contributed by atoms with van der Waals surface area (Å²) in [5.74, 6) is 0.0740. The van der Waals surface area contributed by atoms with Gasteiger partial charge in [-0.3, -0.25) is 4.79 Å². The lowest BCUT2D eigenvalue weighted by Gasteiger charge is -2.30. The van der Waals surface area contributed by atoms with Crippen molar-refractivity contribution in [3.8, 4) is 11.4 Å².